The molecule has 0 saturated carbocycles. The Kier molecular flexibility index (Phi) is 3.82. The first kappa shape index (κ1) is 12.8. The lowest BCUT2D eigenvalue weighted by Crippen LogP contribution is -2.06. The molecule has 0 unspecified atom stereocenters. The molecule has 0 fully saturated rings. The van der Waals surface area contributed by atoms with Gasteiger partial charge < -0.3 is 5.32 Å². The predicted octanol–water partition coefficient (Wildman–Crippen LogP) is 3.85. The van der Waals surface area contributed by atoms with Crippen LogP contribution in [0.25, 0.3) is 11.4 Å². The number of aryl methyl sites for hydroxylation is 1. The van der Waals surface area contributed by atoms with Crippen LogP contribution in [0.15, 0.2) is 24.3 Å². The minimum Gasteiger partial charge on any atom is -0.370 e. The van der Waals surface area contributed by atoms with Gasteiger partial charge >= 0.3 is 0 Å². The second-order valence-corrected chi connectivity index (χ2v) is 4.52. The fourth-order valence-electron chi connectivity index (χ4n) is 1.73. The lowest BCUT2D eigenvalue weighted by atomic mass is 10.2. The summed E-state index contributed by atoms with van der Waals surface area (Å²) in [6.45, 7) is 6.88. The number of anilines is 1. The Labute approximate surface area is 112 Å². The third-order valence-electron chi connectivity index (χ3n) is 2.85. The van der Waals surface area contributed by atoms with Gasteiger partial charge in [-0.2, -0.15) is 0 Å². The largest absolute Gasteiger partial charge is 0.370 e. The van der Waals surface area contributed by atoms with E-state index < -0.39 is 0 Å². The highest BCUT2D eigenvalue weighted by Gasteiger charge is 2.11. The monoisotopic (exact) mass is 261 g/mol. The standard InChI is InChI=1S/C14H16ClN3/c1-4-16-13-9(2)10(3)17-14(18-13)11-7-5-6-8-12(11)15/h5-8H,4H2,1-3H3,(H,16,17,18). The van der Waals surface area contributed by atoms with E-state index in [1.54, 1.807) is 0 Å². The van der Waals surface area contributed by atoms with Crippen LogP contribution in [0.1, 0.15) is 18.2 Å². The van der Waals surface area contributed by atoms with Crippen LogP contribution in [0.5, 0.6) is 0 Å². The van der Waals surface area contributed by atoms with Crippen LogP contribution in [-0.4, -0.2) is 16.5 Å². The molecule has 1 aromatic carbocycles. The molecular weight excluding hydrogens is 246 g/mol. The van der Waals surface area contributed by atoms with Crippen molar-refractivity contribution < 1.29 is 0 Å². The maximum Gasteiger partial charge on any atom is 0.163 e. The molecule has 94 valence electrons. The number of benzene rings is 1. The van der Waals surface area contributed by atoms with Gasteiger partial charge in [-0.3, -0.25) is 0 Å². The molecule has 2 aromatic rings. The summed E-state index contributed by atoms with van der Waals surface area (Å²) in [7, 11) is 0. The predicted molar refractivity (Wildman–Crippen MR) is 76.1 cm³/mol. The lowest BCUT2D eigenvalue weighted by molar-refractivity contribution is 1.05. The fourth-order valence-corrected chi connectivity index (χ4v) is 1.95. The molecule has 0 aliphatic carbocycles. The normalized spacial score (nSPS) is 10.4. The zero-order valence-corrected chi connectivity index (χ0v) is 11.5. The Hall–Kier alpha value is -1.61. The van der Waals surface area contributed by atoms with Crippen LogP contribution in [-0.2, 0) is 0 Å². The zero-order chi connectivity index (χ0) is 13.1. The van der Waals surface area contributed by atoms with Gasteiger partial charge in [0.1, 0.15) is 5.82 Å². The maximum atomic E-state index is 6.18. The molecule has 0 atom stereocenters. The summed E-state index contributed by atoms with van der Waals surface area (Å²) in [5, 5.41) is 3.92. The second-order valence-electron chi connectivity index (χ2n) is 4.12. The quantitative estimate of drug-likeness (QED) is 0.912. The molecule has 1 N–H and O–H groups in total. The molecule has 4 heteroatoms. The van der Waals surface area contributed by atoms with Crippen molar-refractivity contribution in [3.8, 4) is 11.4 Å². The molecule has 0 aliphatic rings. The Bertz CT molecular complexity index is 567. The molecular formula is C14H16ClN3. The van der Waals surface area contributed by atoms with Crippen molar-refractivity contribution in [2.75, 3.05) is 11.9 Å². The number of hydrogen-bond acceptors (Lipinski definition) is 3. The average molecular weight is 262 g/mol. The van der Waals surface area contributed by atoms with Crippen LogP contribution in [0, 0.1) is 13.8 Å². The minimum absolute atomic E-state index is 0.666. The number of nitrogens with zero attached hydrogens (tertiary/aromatic N) is 2. The molecule has 0 amide bonds. The molecule has 0 bridgehead atoms. The van der Waals surface area contributed by atoms with Gasteiger partial charge in [0.25, 0.3) is 0 Å². The van der Waals surface area contributed by atoms with Crippen molar-refractivity contribution in [3.05, 3.63) is 40.5 Å². The summed E-state index contributed by atoms with van der Waals surface area (Å²) in [4.78, 5) is 9.06. The smallest absolute Gasteiger partial charge is 0.163 e. The van der Waals surface area contributed by atoms with Gasteiger partial charge in [-0.15, -0.1) is 0 Å². The summed E-state index contributed by atoms with van der Waals surface area (Å²) in [5.74, 6) is 1.54. The van der Waals surface area contributed by atoms with E-state index in [4.69, 9.17) is 11.6 Å². The molecule has 0 saturated heterocycles. The first-order valence-electron chi connectivity index (χ1n) is 5.97. The molecule has 2 rings (SSSR count). The molecule has 0 spiro atoms. The molecule has 0 aliphatic heterocycles. The van der Waals surface area contributed by atoms with E-state index in [2.05, 4.69) is 15.3 Å². The molecule has 18 heavy (non-hydrogen) atoms. The Balaban J connectivity index is 2.56. The third kappa shape index (κ3) is 2.46. The van der Waals surface area contributed by atoms with Crippen molar-refractivity contribution in [2.45, 2.75) is 20.8 Å². The highest BCUT2D eigenvalue weighted by atomic mass is 35.5. The van der Waals surface area contributed by atoms with E-state index >= 15 is 0 Å². The SMILES string of the molecule is CCNc1nc(-c2ccccc2Cl)nc(C)c1C. The van der Waals surface area contributed by atoms with E-state index in [1.165, 1.54) is 0 Å². The summed E-state index contributed by atoms with van der Waals surface area (Å²) < 4.78 is 0. The molecule has 0 radical (unpaired) electrons. The first-order chi connectivity index (χ1) is 8.63. The van der Waals surface area contributed by atoms with Gasteiger partial charge in [0.15, 0.2) is 5.82 Å². The number of rotatable bonds is 3. The number of aromatic nitrogens is 2. The van der Waals surface area contributed by atoms with Crippen molar-refractivity contribution in [1.82, 2.24) is 9.97 Å². The minimum atomic E-state index is 0.666. The topological polar surface area (TPSA) is 37.8 Å². The van der Waals surface area contributed by atoms with Crippen molar-refractivity contribution in [2.24, 2.45) is 0 Å². The van der Waals surface area contributed by atoms with E-state index in [-0.39, 0.29) is 0 Å². The summed E-state index contributed by atoms with van der Waals surface area (Å²) in [6, 6.07) is 7.62. The van der Waals surface area contributed by atoms with Crippen molar-refractivity contribution >= 4 is 17.4 Å². The maximum absolute atomic E-state index is 6.18. The molecule has 1 heterocycles. The Morgan fingerprint density at radius 2 is 1.89 bits per heavy atom. The fraction of sp³-hybridized carbons (Fsp3) is 0.286. The van der Waals surface area contributed by atoms with E-state index in [1.807, 2.05) is 45.0 Å². The van der Waals surface area contributed by atoms with Gasteiger partial charge in [0.05, 0.1) is 5.02 Å². The summed E-state index contributed by atoms with van der Waals surface area (Å²) >= 11 is 6.18. The zero-order valence-electron chi connectivity index (χ0n) is 10.8. The summed E-state index contributed by atoms with van der Waals surface area (Å²) in [6.07, 6.45) is 0. The van der Waals surface area contributed by atoms with Crippen molar-refractivity contribution in [3.63, 3.8) is 0 Å². The highest BCUT2D eigenvalue weighted by Crippen LogP contribution is 2.27. The van der Waals surface area contributed by atoms with Crippen LogP contribution < -0.4 is 5.32 Å². The highest BCUT2D eigenvalue weighted by molar-refractivity contribution is 6.33. The lowest BCUT2D eigenvalue weighted by Gasteiger charge is -2.11. The molecule has 3 nitrogen and oxygen atoms in total. The van der Waals surface area contributed by atoms with Crippen LogP contribution in [0.4, 0.5) is 5.82 Å². The third-order valence-corrected chi connectivity index (χ3v) is 3.18. The van der Waals surface area contributed by atoms with Crippen LogP contribution in [0.2, 0.25) is 5.02 Å². The Morgan fingerprint density at radius 1 is 1.17 bits per heavy atom. The van der Waals surface area contributed by atoms with E-state index in [0.29, 0.717) is 10.8 Å². The first-order valence-corrected chi connectivity index (χ1v) is 6.35. The van der Waals surface area contributed by atoms with Gasteiger partial charge in [-0.25, -0.2) is 9.97 Å². The second kappa shape index (κ2) is 5.36. The van der Waals surface area contributed by atoms with Crippen LogP contribution >= 0.6 is 11.6 Å². The number of hydrogen-bond donors (Lipinski definition) is 1. The number of halogens is 1. The van der Waals surface area contributed by atoms with Crippen LogP contribution in [0.3, 0.4) is 0 Å². The Morgan fingerprint density at radius 3 is 2.56 bits per heavy atom. The van der Waals surface area contributed by atoms with E-state index in [0.717, 1.165) is 29.2 Å². The summed E-state index contributed by atoms with van der Waals surface area (Å²) in [5.41, 5.74) is 2.91. The van der Waals surface area contributed by atoms with Gasteiger partial charge in [0, 0.05) is 23.4 Å². The number of nitrogens with one attached hydrogen (secondary N) is 1. The average Bonchev–Trinajstić information content (AvgIpc) is 2.35. The molecule has 1 aromatic heterocycles. The van der Waals surface area contributed by atoms with Gasteiger partial charge in [-0.1, -0.05) is 23.7 Å². The van der Waals surface area contributed by atoms with Crippen molar-refractivity contribution in [1.29, 1.82) is 0 Å². The van der Waals surface area contributed by atoms with Gasteiger partial charge in [-0.05, 0) is 32.9 Å². The van der Waals surface area contributed by atoms with Gasteiger partial charge in [0.2, 0.25) is 0 Å². The van der Waals surface area contributed by atoms with E-state index in [9.17, 15) is 0 Å².